The Morgan fingerprint density at radius 2 is 2.06 bits per heavy atom. The monoisotopic (exact) mass is 274 g/mol. The molecule has 1 aromatic rings. The molecule has 0 aromatic carbocycles. The van der Waals surface area contributed by atoms with Gasteiger partial charge < -0.3 is 4.90 Å². The molecule has 0 aliphatic carbocycles. The summed E-state index contributed by atoms with van der Waals surface area (Å²) in [6.45, 7) is 4.43. The van der Waals surface area contributed by atoms with Crippen molar-refractivity contribution in [3.8, 4) is 0 Å². The number of nitrogens with zero attached hydrogens (tertiary/aromatic N) is 4. The number of likely N-dealkylation sites (tertiary alicyclic amines) is 1. The van der Waals surface area contributed by atoms with Gasteiger partial charge in [-0.15, -0.1) is 10.2 Å². The molecule has 6 heteroatoms. The fourth-order valence-electron chi connectivity index (χ4n) is 2.33. The molecular weight excluding hydrogens is 256 g/mol. The second kappa shape index (κ2) is 6.09. The molecule has 0 saturated carbocycles. The molecule has 1 fully saturated rings. The van der Waals surface area contributed by atoms with Gasteiger partial charge in [0.1, 0.15) is 5.01 Å². The summed E-state index contributed by atoms with van der Waals surface area (Å²) >= 11 is 7.27. The normalized spacial score (nSPS) is 19.1. The first kappa shape index (κ1) is 13.2. The zero-order chi connectivity index (χ0) is 12.3. The average molecular weight is 275 g/mol. The third-order valence-corrected chi connectivity index (χ3v) is 4.14. The smallest absolute Gasteiger partial charge is 0.207 e. The Morgan fingerprint density at radius 1 is 1.35 bits per heavy atom. The molecule has 0 radical (unpaired) electrons. The van der Waals surface area contributed by atoms with Gasteiger partial charge in [-0.05, 0) is 57.5 Å². The van der Waals surface area contributed by atoms with Crippen LogP contribution in [0.3, 0.4) is 0 Å². The Hall–Kier alpha value is -0.230. The maximum atomic E-state index is 5.78. The van der Waals surface area contributed by atoms with Gasteiger partial charge in [-0.2, -0.15) is 0 Å². The van der Waals surface area contributed by atoms with Crippen molar-refractivity contribution in [3.05, 3.63) is 9.47 Å². The molecule has 2 rings (SSSR count). The lowest BCUT2D eigenvalue weighted by Crippen LogP contribution is -2.36. The summed E-state index contributed by atoms with van der Waals surface area (Å²) in [4.78, 5) is 4.73. The zero-order valence-corrected chi connectivity index (χ0v) is 12.0. The van der Waals surface area contributed by atoms with Gasteiger partial charge in [0, 0.05) is 6.54 Å². The predicted octanol–water partition coefficient (Wildman–Crippen LogP) is 1.97. The van der Waals surface area contributed by atoms with Crippen LogP contribution in [0.1, 0.15) is 17.8 Å². The van der Waals surface area contributed by atoms with E-state index < -0.39 is 0 Å². The molecular formula is C11H19ClN4S. The molecule has 0 spiro atoms. The van der Waals surface area contributed by atoms with Gasteiger partial charge in [-0.25, -0.2) is 0 Å². The summed E-state index contributed by atoms with van der Waals surface area (Å²) < 4.78 is 0.544. The van der Waals surface area contributed by atoms with E-state index in [2.05, 4.69) is 34.1 Å². The minimum absolute atomic E-state index is 0.544. The van der Waals surface area contributed by atoms with Crippen LogP contribution in [0.25, 0.3) is 0 Å². The minimum atomic E-state index is 0.544. The van der Waals surface area contributed by atoms with E-state index in [4.69, 9.17) is 11.6 Å². The highest BCUT2D eigenvalue weighted by atomic mass is 35.5. The van der Waals surface area contributed by atoms with E-state index in [-0.39, 0.29) is 0 Å². The average Bonchev–Trinajstić information content (AvgIpc) is 2.66. The van der Waals surface area contributed by atoms with Crippen LogP contribution in [0, 0.1) is 5.92 Å². The molecule has 0 atom stereocenters. The van der Waals surface area contributed by atoms with Crippen molar-refractivity contribution in [1.29, 1.82) is 0 Å². The summed E-state index contributed by atoms with van der Waals surface area (Å²) in [5, 5.41) is 8.93. The molecule has 1 saturated heterocycles. The van der Waals surface area contributed by atoms with Gasteiger partial charge in [0.05, 0.1) is 6.54 Å². The Labute approximate surface area is 112 Å². The molecule has 17 heavy (non-hydrogen) atoms. The van der Waals surface area contributed by atoms with Crippen LogP contribution in [0.2, 0.25) is 4.47 Å². The SMILES string of the molecule is CN(C)CC1CCN(Cc2nnc(Cl)s2)CC1. The fraction of sp³-hybridized carbons (Fsp3) is 0.818. The van der Waals surface area contributed by atoms with Crippen LogP contribution in [0.5, 0.6) is 0 Å². The highest BCUT2D eigenvalue weighted by Gasteiger charge is 2.20. The summed E-state index contributed by atoms with van der Waals surface area (Å²) in [5.74, 6) is 0.847. The van der Waals surface area contributed by atoms with Gasteiger partial charge in [0.2, 0.25) is 4.47 Å². The first-order valence-corrected chi connectivity index (χ1v) is 7.18. The zero-order valence-electron chi connectivity index (χ0n) is 10.4. The van der Waals surface area contributed by atoms with E-state index in [1.54, 1.807) is 0 Å². The Morgan fingerprint density at radius 3 is 2.59 bits per heavy atom. The third-order valence-electron chi connectivity index (χ3n) is 3.13. The van der Waals surface area contributed by atoms with Crippen molar-refractivity contribution in [2.24, 2.45) is 5.92 Å². The number of halogens is 1. The lowest BCUT2D eigenvalue weighted by Gasteiger charge is -2.32. The maximum Gasteiger partial charge on any atom is 0.207 e. The Balaban J connectivity index is 1.75. The fourth-order valence-corrected chi connectivity index (χ4v) is 3.24. The largest absolute Gasteiger partial charge is 0.309 e. The summed E-state index contributed by atoms with van der Waals surface area (Å²) in [6, 6.07) is 0. The topological polar surface area (TPSA) is 32.3 Å². The molecule has 1 aromatic heterocycles. The summed E-state index contributed by atoms with van der Waals surface area (Å²) in [5.41, 5.74) is 0. The molecule has 1 aliphatic rings. The quantitative estimate of drug-likeness (QED) is 0.840. The number of hydrogen-bond donors (Lipinski definition) is 0. The van der Waals surface area contributed by atoms with Crippen LogP contribution < -0.4 is 0 Å². The molecule has 0 amide bonds. The van der Waals surface area contributed by atoms with Crippen LogP contribution >= 0.6 is 22.9 Å². The van der Waals surface area contributed by atoms with Crippen molar-refractivity contribution in [1.82, 2.24) is 20.0 Å². The van der Waals surface area contributed by atoms with E-state index in [1.807, 2.05) is 0 Å². The number of hydrogen-bond acceptors (Lipinski definition) is 5. The lowest BCUT2D eigenvalue weighted by atomic mass is 9.96. The standard InChI is InChI=1S/C11H19ClN4S/c1-15(2)7-9-3-5-16(6-4-9)8-10-13-14-11(12)17-10/h9H,3-8H2,1-2H3. The van der Waals surface area contributed by atoms with Gasteiger partial charge in [0.15, 0.2) is 0 Å². The van der Waals surface area contributed by atoms with Crippen molar-refractivity contribution >= 4 is 22.9 Å². The van der Waals surface area contributed by atoms with Crippen LogP contribution in [0.15, 0.2) is 0 Å². The van der Waals surface area contributed by atoms with E-state index in [0.717, 1.165) is 30.6 Å². The Bertz CT molecular complexity index is 347. The molecule has 1 aliphatic heterocycles. The van der Waals surface area contributed by atoms with Gasteiger partial charge >= 0.3 is 0 Å². The minimum Gasteiger partial charge on any atom is -0.309 e. The van der Waals surface area contributed by atoms with Crippen molar-refractivity contribution in [2.45, 2.75) is 19.4 Å². The summed E-state index contributed by atoms with van der Waals surface area (Å²) in [7, 11) is 4.30. The van der Waals surface area contributed by atoms with Crippen LogP contribution in [-0.4, -0.2) is 53.7 Å². The van der Waals surface area contributed by atoms with E-state index in [0.29, 0.717) is 4.47 Å². The van der Waals surface area contributed by atoms with Crippen LogP contribution in [-0.2, 0) is 6.54 Å². The predicted molar refractivity (Wildman–Crippen MR) is 71.5 cm³/mol. The van der Waals surface area contributed by atoms with E-state index in [1.165, 1.54) is 30.7 Å². The third kappa shape index (κ3) is 4.17. The van der Waals surface area contributed by atoms with Crippen molar-refractivity contribution in [3.63, 3.8) is 0 Å². The van der Waals surface area contributed by atoms with Gasteiger partial charge in [-0.1, -0.05) is 11.3 Å². The highest BCUT2D eigenvalue weighted by Crippen LogP contribution is 2.21. The number of rotatable bonds is 4. The second-order valence-electron chi connectivity index (χ2n) is 4.93. The first-order valence-electron chi connectivity index (χ1n) is 5.98. The number of piperidine rings is 1. The highest BCUT2D eigenvalue weighted by molar-refractivity contribution is 7.15. The Kier molecular flexibility index (Phi) is 4.73. The molecule has 0 unspecified atom stereocenters. The molecule has 0 bridgehead atoms. The lowest BCUT2D eigenvalue weighted by molar-refractivity contribution is 0.156. The first-order chi connectivity index (χ1) is 8.13. The molecule has 96 valence electrons. The van der Waals surface area contributed by atoms with E-state index in [9.17, 15) is 0 Å². The molecule has 4 nitrogen and oxygen atoms in total. The van der Waals surface area contributed by atoms with Crippen molar-refractivity contribution < 1.29 is 0 Å². The van der Waals surface area contributed by atoms with E-state index >= 15 is 0 Å². The second-order valence-corrected chi connectivity index (χ2v) is 6.57. The van der Waals surface area contributed by atoms with Crippen molar-refractivity contribution in [2.75, 3.05) is 33.7 Å². The number of aromatic nitrogens is 2. The molecule has 2 heterocycles. The van der Waals surface area contributed by atoms with Gasteiger partial charge in [0.25, 0.3) is 0 Å². The molecule has 0 N–H and O–H groups in total. The van der Waals surface area contributed by atoms with Crippen LogP contribution in [0.4, 0.5) is 0 Å². The summed E-state index contributed by atoms with van der Waals surface area (Å²) in [6.07, 6.45) is 2.56. The maximum absolute atomic E-state index is 5.78. The van der Waals surface area contributed by atoms with Gasteiger partial charge in [-0.3, -0.25) is 4.90 Å².